The Kier molecular flexibility index (Phi) is 8.00. The van der Waals surface area contributed by atoms with Crippen LogP contribution in [0.5, 0.6) is 0 Å². The minimum Gasteiger partial charge on any atom is -0.396 e. The average molecular weight is 326 g/mol. The first-order valence-corrected chi connectivity index (χ1v) is 9.08. The van der Waals surface area contributed by atoms with Crippen molar-refractivity contribution in [2.45, 2.75) is 51.6 Å². The molecule has 130 valence electrons. The van der Waals surface area contributed by atoms with Crippen LogP contribution in [0.2, 0.25) is 0 Å². The summed E-state index contributed by atoms with van der Waals surface area (Å²) in [6, 6.07) is 17.6. The van der Waals surface area contributed by atoms with Gasteiger partial charge in [0.2, 0.25) is 0 Å². The average Bonchev–Trinajstić information content (AvgIpc) is 2.63. The molecule has 0 bridgehead atoms. The lowest BCUT2D eigenvalue weighted by molar-refractivity contribution is 0.0779. The molecule has 0 aliphatic rings. The van der Waals surface area contributed by atoms with Gasteiger partial charge < -0.3 is 9.84 Å². The number of benzene rings is 2. The number of aliphatic hydroxyl groups is 1. The summed E-state index contributed by atoms with van der Waals surface area (Å²) < 4.78 is 5.40. The van der Waals surface area contributed by atoms with Crippen LogP contribution in [0.1, 0.15) is 43.7 Å². The van der Waals surface area contributed by atoms with Crippen molar-refractivity contribution in [3.05, 3.63) is 59.7 Å². The molecule has 0 spiro atoms. The van der Waals surface area contributed by atoms with Crippen molar-refractivity contribution in [2.75, 3.05) is 13.7 Å². The summed E-state index contributed by atoms with van der Waals surface area (Å²) in [5.74, 6) is 0. The predicted octanol–water partition coefficient (Wildman–Crippen LogP) is 5.03. The topological polar surface area (TPSA) is 29.5 Å². The number of methoxy groups -OCH3 is 1. The van der Waals surface area contributed by atoms with E-state index in [1.807, 2.05) is 0 Å². The lowest BCUT2D eigenvalue weighted by Crippen LogP contribution is -2.15. The lowest BCUT2D eigenvalue weighted by Gasteiger charge is -2.14. The molecule has 2 rings (SSSR count). The zero-order valence-corrected chi connectivity index (χ0v) is 15.0. The van der Waals surface area contributed by atoms with Crippen LogP contribution in [0, 0.1) is 0 Å². The van der Waals surface area contributed by atoms with Crippen LogP contribution in [0.3, 0.4) is 0 Å². The first kappa shape index (κ1) is 18.7. The van der Waals surface area contributed by atoms with Gasteiger partial charge in [-0.25, -0.2) is 0 Å². The fourth-order valence-electron chi connectivity index (χ4n) is 2.99. The third-order valence-corrected chi connectivity index (χ3v) is 4.56. The fourth-order valence-corrected chi connectivity index (χ4v) is 2.99. The van der Waals surface area contributed by atoms with E-state index in [4.69, 9.17) is 9.84 Å². The Morgan fingerprint density at radius 1 is 0.875 bits per heavy atom. The van der Waals surface area contributed by atoms with Gasteiger partial charge in [0.05, 0.1) is 6.10 Å². The van der Waals surface area contributed by atoms with Crippen molar-refractivity contribution in [1.29, 1.82) is 0 Å². The first-order valence-electron chi connectivity index (χ1n) is 9.08. The molecule has 24 heavy (non-hydrogen) atoms. The third-order valence-electron chi connectivity index (χ3n) is 4.56. The molecule has 0 aromatic heterocycles. The zero-order valence-electron chi connectivity index (χ0n) is 15.0. The second-order valence-electron chi connectivity index (χ2n) is 6.43. The van der Waals surface area contributed by atoms with Crippen molar-refractivity contribution in [1.82, 2.24) is 0 Å². The summed E-state index contributed by atoms with van der Waals surface area (Å²) in [6.07, 6.45) is 6.64. The molecule has 0 fully saturated rings. The number of aliphatic hydroxyl groups excluding tert-OH is 1. The molecule has 0 aliphatic carbocycles. The van der Waals surface area contributed by atoms with E-state index in [0.29, 0.717) is 6.42 Å². The second-order valence-corrected chi connectivity index (χ2v) is 6.43. The number of unbranched alkanes of at least 4 members (excludes halogenated alkanes) is 2. The third kappa shape index (κ3) is 5.77. The zero-order chi connectivity index (χ0) is 17.2. The molecular weight excluding hydrogens is 296 g/mol. The van der Waals surface area contributed by atoms with Crippen LogP contribution in [0.15, 0.2) is 48.5 Å². The molecule has 2 aromatic rings. The normalized spacial score (nSPS) is 12.3. The maximum absolute atomic E-state index is 9.05. The first-order chi connectivity index (χ1) is 11.8. The highest BCUT2D eigenvalue weighted by molar-refractivity contribution is 5.64. The molecule has 1 N–H and O–H groups in total. The number of ether oxygens (including phenoxy) is 1. The minimum atomic E-state index is 0.0863. The summed E-state index contributed by atoms with van der Waals surface area (Å²) in [4.78, 5) is 0. The number of rotatable bonds is 10. The number of aryl methyl sites for hydroxylation is 1. The van der Waals surface area contributed by atoms with Gasteiger partial charge >= 0.3 is 0 Å². The summed E-state index contributed by atoms with van der Waals surface area (Å²) in [5.41, 5.74) is 5.18. The highest BCUT2D eigenvalue weighted by atomic mass is 16.5. The summed E-state index contributed by atoms with van der Waals surface area (Å²) in [6.45, 7) is 2.41. The monoisotopic (exact) mass is 326 g/mol. The second kappa shape index (κ2) is 10.3. The Morgan fingerprint density at radius 2 is 1.46 bits per heavy atom. The van der Waals surface area contributed by atoms with Gasteiger partial charge in [0.25, 0.3) is 0 Å². The van der Waals surface area contributed by atoms with Crippen LogP contribution in [-0.4, -0.2) is 24.9 Å². The molecule has 0 amide bonds. The quantitative estimate of drug-likeness (QED) is 0.621. The van der Waals surface area contributed by atoms with E-state index in [1.54, 1.807) is 7.11 Å². The number of hydrogen-bond donors (Lipinski definition) is 1. The summed E-state index contributed by atoms with van der Waals surface area (Å²) in [7, 11) is 1.71. The van der Waals surface area contributed by atoms with Crippen molar-refractivity contribution in [3.8, 4) is 11.1 Å². The van der Waals surface area contributed by atoms with Crippen LogP contribution in [-0.2, 0) is 17.6 Å². The molecule has 0 aliphatic heterocycles. The van der Waals surface area contributed by atoms with Gasteiger partial charge in [-0.2, -0.15) is 0 Å². The highest BCUT2D eigenvalue weighted by Crippen LogP contribution is 2.22. The molecule has 1 atom stereocenters. The molecule has 0 heterocycles. The fraction of sp³-hybridized carbons (Fsp3) is 0.455. The van der Waals surface area contributed by atoms with Gasteiger partial charge in [0.15, 0.2) is 0 Å². The molecule has 0 saturated heterocycles. The van der Waals surface area contributed by atoms with E-state index in [1.165, 1.54) is 47.9 Å². The Morgan fingerprint density at radius 3 is 1.96 bits per heavy atom. The molecule has 2 heteroatoms. The molecule has 0 saturated carbocycles. The summed E-state index contributed by atoms with van der Waals surface area (Å²) in [5, 5.41) is 9.05. The predicted molar refractivity (Wildman–Crippen MR) is 101 cm³/mol. The Balaban J connectivity index is 1.97. The molecular formula is C22H30O2. The van der Waals surface area contributed by atoms with Crippen LogP contribution < -0.4 is 0 Å². The molecule has 0 radical (unpaired) electrons. The van der Waals surface area contributed by atoms with Gasteiger partial charge in [-0.1, -0.05) is 68.3 Å². The van der Waals surface area contributed by atoms with Crippen LogP contribution in [0.4, 0.5) is 0 Å². The van der Waals surface area contributed by atoms with Crippen molar-refractivity contribution in [3.63, 3.8) is 0 Å². The van der Waals surface area contributed by atoms with E-state index >= 15 is 0 Å². The van der Waals surface area contributed by atoms with E-state index in [2.05, 4.69) is 55.5 Å². The molecule has 2 aromatic carbocycles. The highest BCUT2D eigenvalue weighted by Gasteiger charge is 2.08. The molecule has 2 nitrogen and oxygen atoms in total. The van der Waals surface area contributed by atoms with Crippen molar-refractivity contribution < 1.29 is 9.84 Å². The van der Waals surface area contributed by atoms with Crippen LogP contribution in [0.25, 0.3) is 11.1 Å². The summed E-state index contributed by atoms with van der Waals surface area (Å²) >= 11 is 0. The standard InChI is InChI=1S/C22H30O2/c1-3-4-5-6-18-7-11-20(12-8-18)21-13-9-19(10-14-21)17-22(24-2)15-16-23/h7-14,22-23H,3-6,15-17H2,1-2H3. The van der Waals surface area contributed by atoms with Gasteiger partial charge in [0, 0.05) is 13.7 Å². The Hall–Kier alpha value is -1.64. The largest absolute Gasteiger partial charge is 0.396 e. The SMILES string of the molecule is CCCCCc1ccc(-c2ccc(CC(CCO)OC)cc2)cc1. The van der Waals surface area contributed by atoms with Gasteiger partial charge in [0.1, 0.15) is 0 Å². The van der Waals surface area contributed by atoms with Crippen molar-refractivity contribution >= 4 is 0 Å². The van der Waals surface area contributed by atoms with Gasteiger partial charge in [-0.05, 0) is 47.9 Å². The van der Waals surface area contributed by atoms with E-state index in [0.717, 1.165) is 6.42 Å². The van der Waals surface area contributed by atoms with E-state index < -0.39 is 0 Å². The maximum atomic E-state index is 9.05. The Labute approximate surface area is 146 Å². The van der Waals surface area contributed by atoms with Gasteiger partial charge in [-0.3, -0.25) is 0 Å². The number of hydrogen-bond acceptors (Lipinski definition) is 2. The van der Waals surface area contributed by atoms with E-state index in [9.17, 15) is 0 Å². The van der Waals surface area contributed by atoms with E-state index in [-0.39, 0.29) is 12.7 Å². The van der Waals surface area contributed by atoms with Gasteiger partial charge in [-0.15, -0.1) is 0 Å². The van der Waals surface area contributed by atoms with Crippen molar-refractivity contribution in [2.24, 2.45) is 0 Å². The smallest absolute Gasteiger partial charge is 0.0633 e. The minimum absolute atomic E-state index is 0.0863. The molecule has 1 unspecified atom stereocenters. The Bertz CT molecular complexity index is 572. The lowest BCUT2D eigenvalue weighted by atomic mass is 9.99. The maximum Gasteiger partial charge on any atom is 0.0633 e. The van der Waals surface area contributed by atoms with Crippen LogP contribution >= 0.6 is 0 Å².